The molecule has 0 fully saturated rings. The number of amides is 2. The maximum absolute atomic E-state index is 11.9. The Labute approximate surface area is 215 Å². The van der Waals surface area contributed by atoms with Gasteiger partial charge in [0, 0.05) is 49.0 Å². The van der Waals surface area contributed by atoms with E-state index in [9.17, 15) is 13.8 Å². The fourth-order valence-corrected chi connectivity index (χ4v) is 5.25. The van der Waals surface area contributed by atoms with Crippen LogP contribution in [0.25, 0.3) is 10.8 Å². The molecule has 184 valence electrons. The molecule has 10 heteroatoms. The summed E-state index contributed by atoms with van der Waals surface area (Å²) >= 11 is 7.00. The highest BCUT2D eigenvalue weighted by Crippen LogP contribution is 2.21. The van der Waals surface area contributed by atoms with Gasteiger partial charge in [-0.25, -0.2) is 9.00 Å². The summed E-state index contributed by atoms with van der Waals surface area (Å²) in [6, 6.07) is 18.2. The van der Waals surface area contributed by atoms with Gasteiger partial charge in [0.1, 0.15) is 4.21 Å². The van der Waals surface area contributed by atoms with Crippen molar-refractivity contribution in [3.05, 3.63) is 87.7 Å². The Hall–Kier alpha value is -3.14. The van der Waals surface area contributed by atoms with Crippen LogP contribution in [0.3, 0.4) is 0 Å². The van der Waals surface area contributed by atoms with Gasteiger partial charge in [0.15, 0.2) is 11.0 Å². The second-order valence-corrected chi connectivity index (χ2v) is 10.8. The van der Waals surface area contributed by atoms with E-state index in [1.807, 2.05) is 68.4 Å². The number of nitrogens with zero attached hydrogens (tertiary/aromatic N) is 2. The molecule has 1 atom stereocenters. The quantitative estimate of drug-likeness (QED) is 0.345. The predicted octanol–water partition coefficient (Wildman–Crippen LogP) is 5.24. The van der Waals surface area contributed by atoms with Crippen molar-refractivity contribution >= 4 is 62.1 Å². The zero-order valence-electron chi connectivity index (χ0n) is 19.9. The van der Waals surface area contributed by atoms with Crippen LogP contribution in [0.15, 0.2) is 75.9 Å². The third kappa shape index (κ3) is 7.17. The number of nitrogens with one attached hydrogen (secondary N) is 2. The number of pyridine rings is 1. The smallest absolute Gasteiger partial charge is 0.331 e. The molecule has 2 heterocycles. The molecule has 2 aromatic carbocycles. The third-order valence-electron chi connectivity index (χ3n) is 4.99. The van der Waals surface area contributed by atoms with Crippen LogP contribution >= 0.6 is 22.9 Å². The fourth-order valence-electron chi connectivity index (χ4n) is 3.15. The number of hydrogen-bond donors (Lipinski definition) is 2. The predicted molar refractivity (Wildman–Crippen MR) is 147 cm³/mol. The SMILES string of the molecule is CN(C)c1ccc2c(=O)n(C)ccc2c1.Cc1cccc(NC(=O)NS(=O)c2ccc(CCl)s2)c1. The lowest BCUT2D eigenvalue weighted by Crippen LogP contribution is -2.30. The van der Waals surface area contributed by atoms with Crippen LogP contribution in [-0.2, 0) is 23.9 Å². The fraction of sp³-hybridized carbons (Fsp3) is 0.200. The van der Waals surface area contributed by atoms with E-state index in [2.05, 4.69) is 10.0 Å². The lowest BCUT2D eigenvalue weighted by molar-refractivity contribution is 0.257. The van der Waals surface area contributed by atoms with Crippen molar-refractivity contribution in [3.8, 4) is 0 Å². The van der Waals surface area contributed by atoms with E-state index in [1.54, 1.807) is 36.0 Å². The minimum absolute atomic E-state index is 0.0535. The monoisotopic (exact) mass is 530 g/mol. The molecule has 4 rings (SSSR count). The molecule has 2 aromatic heterocycles. The number of fused-ring (bicyclic) bond motifs is 1. The minimum Gasteiger partial charge on any atom is -0.378 e. The van der Waals surface area contributed by atoms with Gasteiger partial charge in [-0.05, 0) is 66.4 Å². The first-order valence-corrected chi connectivity index (χ1v) is 13.2. The molecule has 7 nitrogen and oxygen atoms in total. The molecule has 0 saturated carbocycles. The number of anilines is 2. The van der Waals surface area contributed by atoms with Gasteiger partial charge < -0.3 is 14.8 Å². The highest BCUT2D eigenvalue weighted by Gasteiger charge is 2.11. The summed E-state index contributed by atoms with van der Waals surface area (Å²) < 4.78 is 16.5. The highest BCUT2D eigenvalue weighted by atomic mass is 35.5. The van der Waals surface area contributed by atoms with Crippen molar-refractivity contribution in [3.63, 3.8) is 0 Å². The Bertz CT molecular complexity index is 1420. The molecular formula is C25H27ClN4O3S2. The van der Waals surface area contributed by atoms with Crippen LogP contribution in [0.1, 0.15) is 10.4 Å². The average Bonchev–Trinajstić information content (AvgIpc) is 3.31. The number of halogens is 1. The Balaban J connectivity index is 0.000000203. The van der Waals surface area contributed by atoms with Crippen molar-refractivity contribution in [2.75, 3.05) is 24.3 Å². The number of rotatable bonds is 5. The molecule has 0 aliphatic carbocycles. The van der Waals surface area contributed by atoms with Gasteiger partial charge in [-0.1, -0.05) is 12.1 Å². The van der Waals surface area contributed by atoms with E-state index in [0.29, 0.717) is 15.8 Å². The Morgan fingerprint density at radius 3 is 2.54 bits per heavy atom. The average molecular weight is 531 g/mol. The number of alkyl halides is 1. The van der Waals surface area contributed by atoms with Crippen molar-refractivity contribution in [2.24, 2.45) is 7.05 Å². The minimum atomic E-state index is -1.58. The van der Waals surface area contributed by atoms with Gasteiger partial charge in [0.05, 0.1) is 5.88 Å². The number of aryl methyl sites for hydroxylation is 2. The molecule has 0 bridgehead atoms. The van der Waals surface area contributed by atoms with Gasteiger partial charge >= 0.3 is 6.03 Å². The Kier molecular flexibility index (Phi) is 9.08. The Morgan fingerprint density at radius 1 is 1.11 bits per heavy atom. The summed E-state index contributed by atoms with van der Waals surface area (Å²) in [7, 11) is 4.17. The highest BCUT2D eigenvalue weighted by molar-refractivity contribution is 7.86. The van der Waals surface area contributed by atoms with E-state index in [4.69, 9.17) is 11.6 Å². The van der Waals surface area contributed by atoms with E-state index < -0.39 is 17.0 Å². The van der Waals surface area contributed by atoms with Gasteiger partial charge in [0.25, 0.3) is 5.56 Å². The number of benzene rings is 2. The van der Waals surface area contributed by atoms with E-state index in [0.717, 1.165) is 26.9 Å². The van der Waals surface area contributed by atoms with Crippen LogP contribution in [0.2, 0.25) is 0 Å². The molecule has 0 spiro atoms. The van der Waals surface area contributed by atoms with E-state index in [-0.39, 0.29) is 5.56 Å². The Morgan fingerprint density at radius 2 is 1.89 bits per heavy atom. The number of urea groups is 1. The van der Waals surface area contributed by atoms with Gasteiger partial charge in [-0.3, -0.25) is 9.52 Å². The molecule has 2 amide bonds. The molecule has 2 N–H and O–H groups in total. The number of carbonyl (C=O) groups is 1. The van der Waals surface area contributed by atoms with Crippen molar-refractivity contribution in [1.29, 1.82) is 0 Å². The zero-order chi connectivity index (χ0) is 25.5. The first-order valence-electron chi connectivity index (χ1n) is 10.7. The summed E-state index contributed by atoms with van der Waals surface area (Å²) in [4.78, 5) is 26.4. The second kappa shape index (κ2) is 12.0. The molecule has 0 radical (unpaired) electrons. The van der Waals surface area contributed by atoms with E-state index >= 15 is 0 Å². The van der Waals surface area contributed by atoms with Crippen LogP contribution in [-0.4, -0.2) is 28.9 Å². The van der Waals surface area contributed by atoms with Crippen LogP contribution in [0.5, 0.6) is 0 Å². The van der Waals surface area contributed by atoms with Crippen LogP contribution in [0, 0.1) is 6.92 Å². The first-order chi connectivity index (χ1) is 16.7. The summed E-state index contributed by atoms with van der Waals surface area (Å²) in [6.07, 6.45) is 1.80. The van der Waals surface area contributed by atoms with Gasteiger partial charge in [-0.15, -0.1) is 22.9 Å². The third-order valence-corrected chi connectivity index (χ3v) is 7.90. The lowest BCUT2D eigenvalue weighted by Gasteiger charge is -2.12. The summed E-state index contributed by atoms with van der Waals surface area (Å²) in [5.74, 6) is 0.372. The van der Waals surface area contributed by atoms with Crippen LogP contribution < -0.4 is 20.5 Å². The molecule has 0 aliphatic rings. The van der Waals surface area contributed by atoms with Crippen molar-refractivity contribution in [2.45, 2.75) is 17.0 Å². The van der Waals surface area contributed by atoms with Gasteiger partial charge in [0.2, 0.25) is 0 Å². The normalized spacial score (nSPS) is 11.3. The van der Waals surface area contributed by atoms with Gasteiger partial charge in [-0.2, -0.15) is 0 Å². The maximum Gasteiger partial charge on any atom is 0.331 e. The lowest BCUT2D eigenvalue weighted by atomic mass is 10.1. The van der Waals surface area contributed by atoms with Crippen LogP contribution in [0.4, 0.5) is 16.2 Å². The van der Waals surface area contributed by atoms with Crippen molar-refractivity contribution in [1.82, 2.24) is 9.29 Å². The molecule has 0 aliphatic heterocycles. The maximum atomic E-state index is 11.9. The molecule has 35 heavy (non-hydrogen) atoms. The molecule has 0 saturated heterocycles. The number of thiophene rings is 1. The summed E-state index contributed by atoms with van der Waals surface area (Å²) in [6.45, 7) is 1.93. The second-order valence-electron chi connectivity index (χ2n) is 7.95. The zero-order valence-corrected chi connectivity index (χ0v) is 22.3. The number of hydrogen-bond acceptors (Lipinski definition) is 5. The molecular weight excluding hydrogens is 504 g/mol. The number of aromatic nitrogens is 1. The summed E-state index contributed by atoms with van der Waals surface area (Å²) in [5.41, 5.74) is 2.86. The standard InChI is InChI=1S/C13H13ClN2O2S2.C12H14N2O/c1-9-3-2-4-10(7-9)15-13(17)16-20(18)12-6-5-11(8-14)19-12;1-13(2)10-4-5-11-9(8-10)6-7-14(3)12(11)15/h2-7H,8H2,1H3,(H2,15,16,17);4-8H,1-3H3. The largest absolute Gasteiger partial charge is 0.378 e. The first kappa shape index (κ1) is 26.5. The number of carbonyl (C=O) groups excluding carboxylic acids is 1. The molecule has 1 unspecified atom stereocenters. The topological polar surface area (TPSA) is 83.4 Å². The van der Waals surface area contributed by atoms with E-state index in [1.165, 1.54) is 11.3 Å². The molecule has 4 aromatic rings. The van der Waals surface area contributed by atoms with Crippen molar-refractivity contribution < 1.29 is 9.00 Å². The summed E-state index contributed by atoms with van der Waals surface area (Å²) in [5, 5.41) is 4.40.